The van der Waals surface area contributed by atoms with Crippen LogP contribution < -0.4 is 10.4 Å². The van der Waals surface area contributed by atoms with Crippen LogP contribution in [0.1, 0.15) is 51.7 Å². The van der Waals surface area contributed by atoms with Gasteiger partial charge in [-0.1, -0.05) is 129 Å². The van der Waals surface area contributed by atoms with Crippen molar-refractivity contribution in [2.45, 2.75) is 82.4 Å². The van der Waals surface area contributed by atoms with Crippen LogP contribution in [0.2, 0.25) is 5.04 Å². The molecule has 0 aliphatic carbocycles. The lowest BCUT2D eigenvalue weighted by Gasteiger charge is -2.48. The van der Waals surface area contributed by atoms with Crippen LogP contribution in [0.3, 0.4) is 0 Å². The first-order valence-electron chi connectivity index (χ1n) is 16.2. The fourth-order valence-corrected chi connectivity index (χ4v) is 13.0. The molecule has 3 atom stereocenters. The minimum absolute atomic E-state index is 0.154. The molecule has 0 N–H and O–H groups in total. The van der Waals surface area contributed by atoms with E-state index in [9.17, 15) is 8.42 Å². The molecule has 1 fully saturated rings. The molecule has 0 amide bonds. The molecular weight excluding hydrogens is 611 g/mol. The van der Waals surface area contributed by atoms with Crippen molar-refractivity contribution < 1.29 is 22.3 Å². The minimum atomic E-state index is -3.98. The van der Waals surface area contributed by atoms with E-state index in [1.165, 1.54) is 0 Å². The van der Waals surface area contributed by atoms with E-state index in [0.29, 0.717) is 26.1 Å². The summed E-state index contributed by atoms with van der Waals surface area (Å²) in [5, 5.41) is 2.01. The molecule has 244 valence electrons. The highest BCUT2D eigenvalue weighted by molar-refractivity contribution is 7.89. The third-order valence-corrected chi connectivity index (χ3v) is 15.8. The molecule has 1 aliphatic rings. The maximum Gasteiger partial charge on any atom is 0.261 e. The molecule has 1 aliphatic heterocycles. The van der Waals surface area contributed by atoms with Crippen molar-refractivity contribution >= 4 is 28.7 Å². The van der Waals surface area contributed by atoms with Gasteiger partial charge in [-0.05, 0) is 59.8 Å². The van der Waals surface area contributed by atoms with Gasteiger partial charge in [-0.2, -0.15) is 4.31 Å². The highest BCUT2D eigenvalue weighted by Gasteiger charge is 2.53. The lowest BCUT2D eigenvalue weighted by molar-refractivity contribution is -0.121. The van der Waals surface area contributed by atoms with Crippen LogP contribution in [0.25, 0.3) is 0 Å². The Morgan fingerprint density at radius 2 is 1.30 bits per heavy atom. The second-order valence-corrected chi connectivity index (χ2v) is 19.2. The maximum absolute atomic E-state index is 14.6. The van der Waals surface area contributed by atoms with Gasteiger partial charge in [0, 0.05) is 6.61 Å². The van der Waals surface area contributed by atoms with E-state index >= 15 is 0 Å². The maximum atomic E-state index is 14.6. The van der Waals surface area contributed by atoms with Gasteiger partial charge in [0.1, 0.15) is 6.23 Å². The van der Waals surface area contributed by atoms with E-state index in [1.54, 1.807) is 16.4 Å². The Labute approximate surface area is 276 Å². The van der Waals surface area contributed by atoms with Gasteiger partial charge in [0.15, 0.2) is 0 Å². The van der Waals surface area contributed by atoms with Gasteiger partial charge in [0.05, 0.1) is 30.3 Å². The normalized spacial score (nSPS) is 19.6. The predicted molar refractivity (Wildman–Crippen MR) is 187 cm³/mol. The Kier molecular flexibility index (Phi) is 11.0. The standard InChI is InChI=1S/C38H47NO5SSi/c1-6-42-37-27-26-36(43-28-31-16-10-7-11-17-31)35(39(37)45(40,41)32-24-22-30(2)23-25-32)29-44-46(38(3,4)5,33-18-12-8-13-19-33)34-20-14-9-15-21-34/h7-25,35-37H,6,26-29H2,1-5H3/t35-,36-,37+/m0/s1. The smallest absolute Gasteiger partial charge is 0.261 e. The average Bonchev–Trinajstić information content (AvgIpc) is 3.05. The van der Waals surface area contributed by atoms with Gasteiger partial charge in [-0.15, -0.1) is 0 Å². The number of piperidine rings is 1. The monoisotopic (exact) mass is 657 g/mol. The molecule has 5 rings (SSSR count). The number of ether oxygens (including phenoxy) is 2. The lowest BCUT2D eigenvalue weighted by Crippen LogP contribution is -2.68. The zero-order valence-electron chi connectivity index (χ0n) is 27.6. The topological polar surface area (TPSA) is 65.1 Å². The summed E-state index contributed by atoms with van der Waals surface area (Å²) in [6.07, 6.45) is 0.122. The van der Waals surface area contributed by atoms with Gasteiger partial charge in [0.2, 0.25) is 10.0 Å². The largest absolute Gasteiger partial charge is 0.406 e. The lowest BCUT2D eigenvalue weighted by atomic mass is 10.0. The van der Waals surface area contributed by atoms with Crippen molar-refractivity contribution in [3.05, 3.63) is 126 Å². The molecule has 0 unspecified atom stereocenters. The quantitative estimate of drug-likeness (QED) is 0.159. The highest BCUT2D eigenvalue weighted by atomic mass is 32.2. The highest BCUT2D eigenvalue weighted by Crippen LogP contribution is 2.39. The predicted octanol–water partition coefficient (Wildman–Crippen LogP) is 6.67. The van der Waals surface area contributed by atoms with Crippen LogP contribution in [0.15, 0.2) is 120 Å². The summed E-state index contributed by atoms with van der Waals surface area (Å²) in [5.41, 5.74) is 2.03. The zero-order chi connectivity index (χ0) is 32.8. The summed E-state index contributed by atoms with van der Waals surface area (Å²) >= 11 is 0. The molecule has 4 aromatic rings. The third-order valence-electron chi connectivity index (χ3n) is 8.89. The Hall–Kier alpha value is -3.11. The van der Waals surface area contributed by atoms with Gasteiger partial charge < -0.3 is 13.9 Å². The van der Waals surface area contributed by atoms with E-state index in [4.69, 9.17) is 13.9 Å². The second-order valence-electron chi connectivity index (χ2n) is 13.0. The number of sulfonamides is 1. The van der Waals surface area contributed by atoms with E-state index in [-0.39, 0.29) is 16.5 Å². The van der Waals surface area contributed by atoms with Crippen molar-refractivity contribution in [1.82, 2.24) is 4.31 Å². The molecule has 1 saturated heterocycles. The Balaban J connectivity index is 1.62. The van der Waals surface area contributed by atoms with Crippen molar-refractivity contribution in [3.63, 3.8) is 0 Å². The van der Waals surface area contributed by atoms with Gasteiger partial charge in [-0.25, -0.2) is 8.42 Å². The molecule has 0 saturated carbocycles. The number of hydrogen-bond acceptors (Lipinski definition) is 5. The van der Waals surface area contributed by atoms with Gasteiger partial charge >= 0.3 is 0 Å². The number of benzene rings is 4. The molecule has 46 heavy (non-hydrogen) atoms. The van der Waals surface area contributed by atoms with Crippen LogP contribution in [0.4, 0.5) is 0 Å². The molecule has 0 aromatic heterocycles. The van der Waals surface area contributed by atoms with E-state index in [0.717, 1.165) is 21.5 Å². The zero-order valence-corrected chi connectivity index (χ0v) is 29.5. The van der Waals surface area contributed by atoms with Crippen LogP contribution in [-0.4, -0.2) is 52.6 Å². The molecule has 8 heteroatoms. The summed E-state index contributed by atoms with van der Waals surface area (Å²) in [4.78, 5) is 0.238. The van der Waals surface area contributed by atoms with Crippen molar-refractivity contribution in [1.29, 1.82) is 0 Å². The third kappa shape index (κ3) is 7.22. The van der Waals surface area contributed by atoms with Gasteiger partial charge in [0.25, 0.3) is 8.32 Å². The fourth-order valence-electron chi connectivity index (χ4n) is 6.64. The second kappa shape index (κ2) is 14.8. The Morgan fingerprint density at radius 3 is 1.83 bits per heavy atom. The molecule has 1 heterocycles. The van der Waals surface area contributed by atoms with E-state index < -0.39 is 36.7 Å². The molecular formula is C38H47NO5SSi. The summed E-state index contributed by atoms with van der Waals surface area (Å²) < 4.78 is 51.0. The Morgan fingerprint density at radius 1 is 0.761 bits per heavy atom. The molecule has 4 aromatic carbocycles. The average molecular weight is 658 g/mol. The van der Waals surface area contributed by atoms with Crippen molar-refractivity contribution in [2.24, 2.45) is 0 Å². The molecule has 0 spiro atoms. The van der Waals surface area contributed by atoms with E-state index in [2.05, 4.69) is 69.3 Å². The number of nitrogens with zero attached hydrogens (tertiary/aromatic N) is 1. The van der Waals surface area contributed by atoms with Crippen molar-refractivity contribution in [2.75, 3.05) is 13.2 Å². The molecule has 6 nitrogen and oxygen atoms in total. The number of hydrogen-bond donors (Lipinski definition) is 0. The Bertz CT molecular complexity index is 1590. The van der Waals surface area contributed by atoms with Crippen LogP contribution in [0, 0.1) is 6.92 Å². The minimum Gasteiger partial charge on any atom is -0.406 e. The first kappa shape index (κ1) is 34.2. The van der Waals surface area contributed by atoms with Crippen molar-refractivity contribution in [3.8, 4) is 0 Å². The number of aryl methyl sites for hydroxylation is 1. The summed E-state index contributed by atoms with van der Waals surface area (Å²) in [6.45, 7) is 11.5. The van der Waals surface area contributed by atoms with Crippen LogP contribution in [0.5, 0.6) is 0 Å². The van der Waals surface area contributed by atoms with E-state index in [1.807, 2.05) is 68.4 Å². The van der Waals surface area contributed by atoms with Crippen LogP contribution >= 0.6 is 0 Å². The first-order valence-corrected chi connectivity index (χ1v) is 19.5. The summed E-state index contributed by atoms with van der Waals surface area (Å²) in [6, 6.07) is 37.3. The SMILES string of the molecule is CCO[C@@H]1CC[C@H](OCc2ccccc2)[C@H](CO[Si](c2ccccc2)(c2ccccc2)C(C)(C)C)N1S(=O)(=O)c1ccc(C)cc1. The summed E-state index contributed by atoms with van der Waals surface area (Å²) in [7, 11) is -6.97. The first-order chi connectivity index (χ1) is 22.1. The van der Waals surface area contributed by atoms with Gasteiger partial charge in [-0.3, -0.25) is 0 Å². The van der Waals surface area contributed by atoms with Crippen LogP contribution in [-0.2, 0) is 30.5 Å². The number of rotatable bonds is 12. The molecule has 0 radical (unpaired) electrons. The summed E-state index contributed by atoms with van der Waals surface area (Å²) in [5.74, 6) is 0. The fraction of sp³-hybridized carbons (Fsp3) is 0.368. The molecule has 0 bridgehead atoms.